The molecule has 1 N–H and O–H groups in total. The lowest BCUT2D eigenvalue weighted by Crippen LogP contribution is -2.41. The number of carbonyl (C=O) groups excluding carboxylic acids is 3. The predicted octanol–water partition coefficient (Wildman–Crippen LogP) is 2.37. The van der Waals surface area contributed by atoms with E-state index < -0.39 is 0 Å². The van der Waals surface area contributed by atoms with Gasteiger partial charge in [0.1, 0.15) is 0 Å². The molecule has 1 unspecified atom stereocenters. The van der Waals surface area contributed by atoms with Crippen LogP contribution >= 0.6 is 0 Å². The number of hydrogen-bond donors (Lipinski definition) is 1. The number of carbonyl (C=O) groups is 3. The van der Waals surface area contributed by atoms with Crippen LogP contribution in [0.4, 0.5) is 0 Å². The molecule has 1 aromatic rings. The summed E-state index contributed by atoms with van der Waals surface area (Å²) in [5.74, 6) is -0.250. The van der Waals surface area contributed by atoms with Crippen molar-refractivity contribution in [1.29, 1.82) is 0 Å². The van der Waals surface area contributed by atoms with Crippen LogP contribution in [-0.2, 0) is 25.5 Å². The zero-order chi connectivity index (χ0) is 18.9. The first-order valence-electron chi connectivity index (χ1n) is 9.21. The maximum atomic E-state index is 12.4. The zero-order valence-electron chi connectivity index (χ0n) is 15.6. The lowest BCUT2D eigenvalue weighted by Gasteiger charge is -2.36. The van der Waals surface area contributed by atoms with E-state index in [0.717, 1.165) is 31.2 Å². The minimum atomic E-state index is -0.200. The van der Waals surface area contributed by atoms with E-state index in [0.29, 0.717) is 19.5 Å². The number of rotatable bonds is 8. The van der Waals surface area contributed by atoms with Gasteiger partial charge >= 0.3 is 5.97 Å². The molecule has 1 aliphatic heterocycles. The maximum absolute atomic E-state index is 12.4. The Balaban J connectivity index is 1.82. The molecular weight excluding hydrogens is 332 g/mol. The molecule has 1 aliphatic rings. The summed E-state index contributed by atoms with van der Waals surface area (Å²) in [6.45, 7) is 2.78. The van der Waals surface area contributed by atoms with E-state index in [1.54, 1.807) is 11.8 Å². The Morgan fingerprint density at radius 1 is 1.19 bits per heavy atom. The van der Waals surface area contributed by atoms with E-state index >= 15 is 0 Å². The highest BCUT2D eigenvalue weighted by atomic mass is 16.5. The molecule has 6 nitrogen and oxygen atoms in total. The highest BCUT2D eigenvalue weighted by molar-refractivity contribution is 5.79. The smallest absolute Gasteiger partial charge is 0.305 e. The topological polar surface area (TPSA) is 75.7 Å². The summed E-state index contributed by atoms with van der Waals surface area (Å²) in [5, 5.41) is 2.93. The van der Waals surface area contributed by atoms with Crippen molar-refractivity contribution in [2.45, 2.75) is 51.5 Å². The van der Waals surface area contributed by atoms with E-state index in [2.05, 4.69) is 16.1 Å². The fourth-order valence-electron chi connectivity index (χ4n) is 3.40. The molecule has 0 aliphatic carbocycles. The van der Waals surface area contributed by atoms with Gasteiger partial charge in [-0.05, 0) is 30.4 Å². The summed E-state index contributed by atoms with van der Waals surface area (Å²) in [6, 6.07) is 7.83. The summed E-state index contributed by atoms with van der Waals surface area (Å²) in [6.07, 6.45) is 3.96. The van der Waals surface area contributed by atoms with Crippen molar-refractivity contribution in [1.82, 2.24) is 10.2 Å². The van der Waals surface area contributed by atoms with E-state index in [1.165, 1.54) is 12.7 Å². The average molecular weight is 360 g/mol. The Hall–Kier alpha value is -2.37. The van der Waals surface area contributed by atoms with Gasteiger partial charge in [0.2, 0.25) is 11.8 Å². The summed E-state index contributed by atoms with van der Waals surface area (Å²) < 4.78 is 4.60. The van der Waals surface area contributed by atoms with Crippen LogP contribution < -0.4 is 5.32 Å². The van der Waals surface area contributed by atoms with Crippen molar-refractivity contribution in [2.24, 2.45) is 0 Å². The van der Waals surface area contributed by atoms with Crippen LogP contribution in [0.3, 0.4) is 0 Å². The van der Waals surface area contributed by atoms with Crippen molar-refractivity contribution in [3.63, 3.8) is 0 Å². The van der Waals surface area contributed by atoms with Crippen molar-refractivity contribution in [2.75, 3.05) is 20.2 Å². The summed E-state index contributed by atoms with van der Waals surface area (Å²) >= 11 is 0. The first kappa shape index (κ1) is 19.9. The molecule has 0 bridgehead atoms. The Labute approximate surface area is 154 Å². The number of methoxy groups -OCH3 is 1. The maximum Gasteiger partial charge on any atom is 0.305 e. The van der Waals surface area contributed by atoms with Gasteiger partial charge in [-0.25, -0.2) is 0 Å². The van der Waals surface area contributed by atoms with Crippen LogP contribution in [0, 0.1) is 0 Å². The number of benzene rings is 1. The van der Waals surface area contributed by atoms with Crippen molar-refractivity contribution in [3.8, 4) is 0 Å². The van der Waals surface area contributed by atoms with Crippen LogP contribution in [0.1, 0.15) is 56.2 Å². The van der Waals surface area contributed by atoms with Gasteiger partial charge in [0, 0.05) is 26.4 Å². The normalized spacial score (nSPS) is 15.9. The largest absolute Gasteiger partial charge is 0.469 e. The first-order chi connectivity index (χ1) is 12.5. The van der Waals surface area contributed by atoms with E-state index in [-0.39, 0.29) is 30.2 Å². The van der Waals surface area contributed by atoms with E-state index in [9.17, 15) is 14.4 Å². The highest BCUT2D eigenvalue weighted by Crippen LogP contribution is 2.32. The van der Waals surface area contributed by atoms with Crippen LogP contribution in [0.2, 0.25) is 0 Å². The number of nitrogens with zero attached hydrogens (tertiary/aromatic N) is 1. The van der Waals surface area contributed by atoms with Crippen LogP contribution in [0.5, 0.6) is 0 Å². The van der Waals surface area contributed by atoms with Crippen LogP contribution in [-0.4, -0.2) is 42.9 Å². The third-order valence-electron chi connectivity index (χ3n) is 4.80. The van der Waals surface area contributed by atoms with Gasteiger partial charge < -0.3 is 15.0 Å². The molecule has 1 atom stereocenters. The van der Waals surface area contributed by atoms with Crippen LogP contribution in [0.25, 0.3) is 0 Å². The van der Waals surface area contributed by atoms with E-state index in [4.69, 9.17) is 0 Å². The second-order valence-corrected chi connectivity index (χ2v) is 6.62. The van der Waals surface area contributed by atoms with Gasteiger partial charge in [-0.15, -0.1) is 0 Å². The van der Waals surface area contributed by atoms with Crippen LogP contribution in [0.15, 0.2) is 24.3 Å². The van der Waals surface area contributed by atoms with Gasteiger partial charge in [-0.2, -0.15) is 0 Å². The lowest BCUT2D eigenvalue weighted by atomic mass is 9.90. The molecule has 2 rings (SSSR count). The van der Waals surface area contributed by atoms with Crippen molar-refractivity contribution < 1.29 is 19.1 Å². The number of hydrogen-bond acceptors (Lipinski definition) is 4. The molecular formula is C20H28N2O4. The number of esters is 1. The summed E-state index contributed by atoms with van der Waals surface area (Å²) in [4.78, 5) is 37.1. The Morgan fingerprint density at radius 3 is 2.69 bits per heavy atom. The standard InChI is InChI=1S/C20H28N2O4/c1-15(23)22-13-11-16-8-5-6-9-17(16)18(22)14-19(24)21-12-7-3-4-10-20(25)26-2/h5-6,8-9,18H,3-4,7,10-14H2,1-2H3,(H,21,24). The molecule has 2 amide bonds. The lowest BCUT2D eigenvalue weighted by molar-refractivity contribution is -0.140. The molecule has 26 heavy (non-hydrogen) atoms. The van der Waals surface area contributed by atoms with Gasteiger partial charge in [0.25, 0.3) is 0 Å². The molecule has 0 saturated carbocycles. The molecule has 142 valence electrons. The molecule has 1 heterocycles. The molecule has 0 spiro atoms. The Morgan fingerprint density at radius 2 is 1.96 bits per heavy atom. The number of amides is 2. The Kier molecular flexibility index (Phi) is 7.63. The van der Waals surface area contributed by atoms with Crippen molar-refractivity contribution in [3.05, 3.63) is 35.4 Å². The SMILES string of the molecule is COC(=O)CCCCCNC(=O)CC1c2ccccc2CCN1C(C)=O. The highest BCUT2D eigenvalue weighted by Gasteiger charge is 2.30. The number of nitrogens with one attached hydrogen (secondary N) is 1. The Bertz CT molecular complexity index is 644. The minimum absolute atomic E-state index is 0.000105. The quantitative estimate of drug-likeness (QED) is 0.570. The fourth-order valence-corrected chi connectivity index (χ4v) is 3.40. The number of unbranched alkanes of at least 4 members (excludes halogenated alkanes) is 2. The number of fused-ring (bicyclic) bond motifs is 1. The minimum Gasteiger partial charge on any atom is -0.469 e. The molecule has 1 aromatic carbocycles. The molecule has 0 fully saturated rings. The molecule has 0 radical (unpaired) electrons. The second-order valence-electron chi connectivity index (χ2n) is 6.62. The average Bonchev–Trinajstić information content (AvgIpc) is 2.64. The third kappa shape index (κ3) is 5.58. The van der Waals surface area contributed by atoms with Gasteiger partial charge in [-0.1, -0.05) is 30.7 Å². The molecule has 0 aromatic heterocycles. The summed E-state index contributed by atoms with van der Waals surface area (Å²) in [7, 11) is 1.39. The summed E-state index contributed by atoms with van der Waals surface area (Å²) in [5.41, 5.74) is 2.28. The van der Waals surface area contributed by atoms with Gasteiger partial charge in [-0.3, -0.25) is 14.4 Å². The fraction of sp³-hybridized carbons (Fsp3) is 0.550. The molecule has 0 saturated heterocycles. The van der Waals surface area contributed by atoms with Gasteiger partial charge in [0.15, 0.2) is 0 Å². The first-order valence-corrected chi connectivity index (χ1v) is 9.21. The van der Waals surface area contributed by atoms with Crippen molar-refractivity contribution >= 4 is 17.8 Å². The van der Waals surface area contributed by atoms with E-state index in [1.807, 2.05) is 18.2 Å². The molecule has 6 heteroatoms. The second kappa shape index (κ2) is 9.94. The zero-order valence-corrected chi connectivity index (χ0v) is 15.6. The van der Waals surface area contributed by atoms with Gasteiger partial charge in [0.05, 0.1) is 19.6 Å². The predicted molar refractivity (Wildman–Crippen MR) is 98.4 cm³/mol. The third-order valence-corrected chi connectivity index (χ3v) is 4.80. The monoisotopic (exact) mass is 360 g/mol. The number of ether oxygens (including phenoxy) is 1.